The number of hydrogen-bond donors (Lipinski definition) is 1. The Balaban J connectivity index is 1.90. The first kappa shape index (κ1) is 11.7. The normalized spacial score (nSPS) is 18.3. The standard InChI is InChI=1S/C15H12FNO2/c16-11-3-5-12(6-4-11)17-14(9-15(17)19)10-1-7-13(18)8-2-10/h1-8,14,18H,9H2/t14-/m0/s1. The van der Waals surface area contributed by atoms with Crippen LogP contribution in [0.3, 0.4) is 0 Å². The van der Waals surface area contributed by atoms with Crippen LogP contribution in [0.15, 0.2) is 48.5 Å². The molecule has 1 amide bonds. The molecule has 0 bridgehead atoms. The maximum absolute atomic E-state index is 12.9. The Morgan fingerprint density at radius 3 is 2.26 bits per heavy atom. The molecular weight excluding hydrogens is 245 g/mol. The second kappa shape index (κ2) is 4.39. The lowest BCUT2D eigenvalue weighted by Crippen LogP contribution is -2.46. The van der Waals surface area contributed by atoms with Gasteiger partial charge in [-0.3, -0.25) is 4.79 Å². The van der Waals surface area contributed by atoms with Crippen LogP contribution in [0.2, 0.25) is 0 Å². The number of amides is 1. The van der Waals surface area contributed by atoms with E-state index in [9.17, 15) is 14.3 Å². The molecule has 3 nitrogen and oxygen atoms in total. The van der Waals surface area contributed by atoms with Crippen LogP contribution in [-0.4, -0.2) is 11.0 Å². The summed E-state index contributed by atoms with van der Waals surface area (Å²) in [7, 11) is 0. The second-order valence-electron chi connectivity index (χ2n) is 4.55. The number of hydrogen-bond acceptors (Lipinski definition) is 2. The molecule has 2 aromatic carbocycles. The SMILES string of the molecule is O=C1C[C@@H](c2ccc(O)cc2)N1c1ccc(F)cc1. The molecule has 1 fully saturated rings. The molecule has 0 spiro atoms. The molecule has 2 aromatic rings. The van der Waals surface area contributed by atoms with Gasteiger partial charge in [-0.05, 0) is 42.0 Å². The van der Waals surface area contributed by atoms with Crippen molar-refractivity contribution >= 4 is 11.6 Å². The maximum atomic E-state index is 12.9. The van der Waals surface area contributed by atoms with Crippen molar-refractivity contribution in [2.24, 2.45) is 0 Å². The average Bonchev–Trinajstić information content (AvgIpc) is 2.40. The number of aromatic hydroxyl groups is 1. The Hall–Kier alpha value is -2.36. The second-order valence-corrected chi connectivity index (χ2v) is 4.55. The lowest BCUT2D eigenvalue weighted by Gasteiger charge is -2.40. The molecule has 1 saturated heterocycles. The molecule has 1 atom stereocenters. The van der Waals surface area contributed by atoms with E-state index in [4.69, 9.17) is 0 Å². The van der Waals surface area contributed by atoms with Gasteiger partial charge in [-0.15, -0.1) is 0 Å². The lowest BCUT2D eigenvalue weighted by molar-refractivity contribution is -0.124. The van der Waals surface area contributed by atoms with Crippen molar-refractivity contribution < 1.29 is 14.3 Å². The summed E-state index contributed by atoms with van der Waals surface area (Å²) in [5.74, 6) is -0.106. The van der Waals surface area contributed by atoms with E-state index in [-0.39, 0.29) is 23.5 Å². The van der Waals surface area contributed by atoms with Gasteiger partial charge < -0.3 is 10.0 Å². The monoisotopic (exact) mass is 257 g/mol. The summed E-state index contributed by atoms with van der Waals surface area (Å²) in [4.78, 5) is 13.4. The van der Waals surface area contributed by atoms with Gasteiger partial charge in [-0.25, -0.2) is 4.39 Å². The molecule has 4 heteroatoms. The highest BCUT2D eigenvalue weighted by atomic mass is 19.1. The lowest BCUT2D eigenvalue weighted by atomic mass is 9.93. The summed E-state index contributed by atoms with van der Waals surface area (Å²) >= 11 is 0. The predicted octanol–water partition coefficient (Wildman–Crippen LogP) is 3.01. The van der Waals surface area contributed by atoms with E-state index < -0.39 is 0 Å². The fourth-order valence-corrected chi connectivity index (χ4v) is 2.31. The number of β-lactam (4-membered cyclic amide) rings is 1. The number of benzene rings is 2. The summed E-state index contributed by atoms with van der Waals surface area (Å²) < 4.78 is 12.9. The zero-order valence-electron chi connectivity index (χ0n) is 10.1. The summed E-state index contributed by atoms with van der Waals surface area (Å²) in [5.41, 5.74) is 1.65. The Kier molecular flexibility index (Phi) is 2.71. The third kappa shape index (κ3) is 2.05. The summed E-state index contributed by atoms with van der Waals surface area (Å²) in [5, 5.41) is 9.27. The van der Waals surface area contributed by atoms with E-state index in [2.05, 4.69) is 0 Å². The molecule has 0 unspecified atom stereocenters. The minimum Gasteiger partial charge on any atom is -0.508 e. The number of carbonyl (C=O) groups excluding carboxylic acids is 1. The Morgan fingerprint density at radius 1 is 1.05 bits per heavy atom. The molecule has 1 N–H and O–H groups in total. The van der Waals surface area contributed by atoms with E-state index >= 15 is 0 Å². The molecule has 0 saturated carbocycles. The van der Waals surface area contributed by atoms with Crippen LogP contribution >= 0.6 is 0 Å². The fraction of sp³-hybridized carbons (Fsp3) is 0.133. The van der Waals surface area contributed by atoms with Crippen molar-refractivity contribution in [2.45, 2.75) is 12.5 Å². The largest absolute Gasteiger partial charge is 0.508 e. The summed E-state index contributed by atoms with van der Waals surface area (Å²) in [6.45, 7) is 0. The minimum absolute atomic E-state index is 0.0182. The predicted molar refractivity (Wildman–Crippen MR) is 69.4 cm³/mol. The average molecular weight is 257 g/mol. The maximum Gasteiger partial charge on any atom is 0.230 e. The topological polar surface area (TPSA) is 40.5 Å². The van der Waals surface area contributed by atoms with Crippen molar-refractivity contribution in [3.8, 4) is 5.75 Å². The number of carbonyl (C=O) groups is 1. The number of phenolic OH excluding ortho intramolecular Hbond substituents is 1. The number of rotatable bonds is 2. The molecule has 3 rings (SSSR count). The highest BCUT2D eigenvalue weighted by Crippen LogP contribution is 2.39. The van der Waals surface area contributed by atoms with E-state index in [0.717, 1.165) is 5.56 Å². The Bertz CT molecular complexity index is 607. The number of halogens is 1. The third-order valence-corrected chi connectivity index (χ3v) is 3.33. The highest BCUT2D eigenvalue weighted by molar-refractivity contribution is 6.01. The van der Waals surface area contributed by atoms with Gasteiger partial charge in [0, 0.05) is 5.69 Å². The van der Waals surface area contributed by atoms with Crippen LogP contribution in [0.5, 0.6) is 5.75 Å². The van der Waals surface area contributed by atoms with Crippen LogP contribution < -0.4 is 4.90 Å². The molecule has 19 heavy (non-hydrogen) atoms. The van der Waals surface area contributed by atoms with E-state index in [1.807, 2.05) is 0 Å². The Morgan fingerprint density at radius 2 is 1.68 bits per heavy atom. The van der Waals surface area contributed by atoms with Crippen molar-refractivity contribution in [1.82, 2.24) is 0 Å². The quantitative estimate of drug-likeness (QED) is 0.840. The molecule has 0 aliphatic carbocycles. The van der Waals surface area contributed by atoms with Gasteiger partial charge in [0.25, 0.3) is 0 Å². The molecule has 1 aliphatic heterocycles. The van der Waals surface area contributed by atoms with E-state index in [1.54, 1.807) is 41.3 Å². The molecule has 1 heterocycles. The summed E-state index contributed by atoms with van der Waals surface area (Å²) in [6, 6.07) is 12.6. The first-order valence-corrected chi connectivity index (χ1v) is 6.02. The van der Waals surface area contributed by atoms with Crippen molar-refractivity contribution in [2.75, 3.05) is 4.90 Å². The van der Waals surface area contributed by atoms with Crippen molar-refractivity contribution in [3.05, 3.63) is 59.9 Å². The number of phenols is 1. The van der Waals surface area contributed by atoms with Gasteiger partial charge in [0.15, 0.2) is 0 Å². The molecule has 96 valence electrons. The first-order valence-electron chi connectivity index (χ1n) is 6.02. The van der Waals surface area contributed by atoms with Gasteiger partial charge in [0.2, 0.25) is 5.91 Å². The van der Waals surface area contributed by atoms with E-state index in [0.29, 0.717) is 12.1 Å². The Labute approximate surface area is 109 Å². The van der Waals surface area contributed by atoms with Crippen LogP contribution in [0, 0.1) is 5.82 Å². The molecule has 1 aliphatic rings. The van der Waals surface area contributed by atoms with Crippen LogP contribution in [0.25, 0.3) is 0 Å². The van der Waals surface area contributed by atoms with Gasteiger partial charge in [-0.1, -0.05) is 12.1 Å². The van der Waals surface area contributed by atoms with Crippen molar-refractivity contribution in [3.63, 3.8) is 0 Å². The highest BCUT2D eigenvalue weighted by Gasteiger charge is 2.38. The smallest absolute Gasteiger partial charge is 0.230 e. The zero-order valence-corrected chi connectivity index (χ0v) is 10.1. The number of nitrogens with zero attached hydrogens (tertiary/aromatic N) is 1. The number of anilines is 1. The molecular formula is C15H12FNO2. The van der Waals surface area contributed by atoms with Crippen molar-refractivity contribution in [1.29, 1.82) is 0 Å². The van der Waals surface area contributed by atoms with Gasteiger partial charge in [0.05, 0.1) is 12.5 Å². The van der Waals surface area contributed by atoms with Gasteiger partial charge in [0.1, 0.15) is 11.6 Å². The molecule has 0 aromatic heterocycles. The van der Waals surface area contributed by atoms with Crippen LogP contribution in [0.1, 0.15) is 18.0 Å². The van der Waals surface area contributed by atoms with Crippen LogP contribution in [0.4, 0.5) is 10.1 Å². The van der Waals surface area contributed by atoms with Crippen LogP contribution in [-0.2, 0) is 4.79 Å². The van der Waals surface area contributed by atoms with Gasteiger partial charge in [-0.2, -0.15) is 0 Å². The first-order chi connectivity index (χ1) is 9.15. The fourth-order valence-electron chi connectivity index (χ4n) is 2.31. The van der Waals surface area contributed by atoms with Gasteiger partial charge >= 0.3 is 0 Å². The minimum atomic E-state index is -0.321. The molecule has 0 radical (unpaired) electrons. The third-order valence-electron chi connectivity index (χ3n) is 3.33. The summed E-state index contributed by atoms with van der Waals surface area (Å²) in [6.07, 6.45) is 0.433. The zero-order chi connectivity index (χ0) is 13.4. The van der Waals surface area contributed by atoms with E-state index in [1.165, 1.54) is 12.1 Å².